The molecule has 0 spiro atoms. The average Bonchev–Trinajstić information content (AvgIpc) is 2.75. The summed E-state index contributed by atoms with van der Waals surface area (Å²) in [7, 11) is 0. The fraction of sp³-hybridized carbons (Fsp3) is 0.455. The molecule has 1 aromatic heterocycles. The zero-order valence-electron chi connectivity index (χ0n) is 9.22. The molecule has 2 N–H and O–H groups in total. The predicted molar refractivity (Wildman–Crippen MR) is 64.5 cm³/mol. The van der Waals surface area contributed by atoms with Crippen LogP contribution in [0.1, 0.15) is 16.8 Å². The molecule has 1 fully saturated rings. The summed E-state index contributed by atoms with van der Waals surface area (Å²) in [5.41, 5.74) is 6.42. The molecule has 1 aliphatic rings. The van der Waals surface area contributed by atoms with Crippen molar-refractivity contribution in [1.82, 2.24) is 9.88 Å². The van der Waals surface area contributed by atoms with Crippen molar-refractivity contribution < 1.29 is 4.79 Å². The molecule has 1 unspecified atom stereocenters. The number of carbonyl (C=O) groups excluding carboxylic acids is 1. The van der Waals surface area contributed by atoms with Crippen LogP contribution in [0.3, 0.4) is 0 Å². The van der Waals surface area contributed by atoms with Crippen LogP contribution in [0.25, 0.3) is 0 Å². The second-order valence-corrected chi connectivity index (χ2v) is 4.72. The maximum Gasteiger partial charge on any atom is 0.255 e. The number of thioether (sulfide) groups is 1. The Morgan fingerprint density at radius 1 is 1.62 bits per heavy atom. The molecule has 86 valence electrons. The molecule has 0 bridgehead atoms. The van der Waals surface area contributed by atoms with Crippen LogP contribution in [0.15, 0.2) is 23.4 Å². The summed E-state index contributed by atoms with van der Waals surface area (Å²) in [5.74, 6) is 0.0353. The summed E-state index contributed by atoms with van der Waals surface area (Å²) in [6.45, 7) is 1.41. The van der Waals surface area contributed by atoms with Crippen molar-refractivity contribution in [3.05, 3.63) is 23.9 Å². The Balaban J connectivity index is 2.08. The smallest absolute Gasteiger partial charge is 0.255 e. The van der Waals surface area contributed by atoms with Gasteiger partial charge in [-0.3, -0.25) is 4.79 Å². The molecule has 2 rings (SSSR count). The fourth-order valence-corrected chi connectivity index (χ4v) is 2.14. The van der Waals surface area contributed by atoms with Crippen molar-refractivity contribution in [2.75, 3.05) is 19.3 Å². The third kappa shape index (κ3) is 2.36. The standard InChI is InChI=1S/C11H15N3OS/c1-16-10-3-2-8(6-13-10)11(15)14-5-4-9(12)7-14/h2-3,6,9H,4-5,7,12H2,1H3. The van der Waals surface area contributed by atoms with Gasteiger partial charge in [0.05, 0.1) is 10.6 Å². The van der Waals surface area contributed by atoms with Crippen molar-refractivity contribution >= 4 is 17.7 Å². The molecular formula is C11H15N3OS. The van der Waals surface area contributed by atoms with Gasteiger partial charge in [-0.15, -0.1) is 11.8 Å². The first-order chi connectivity index (χ1) is 7.70. The zero-order chi connectivity index (χ0) is 11.5. The van der Waals surface area contributed by atoms with Crippen LogP contribution < -0.4 is 5.73 Å². The number of likely N-dealkylation sites (tertiary alicyclic amines) is 1. The third-order valence-electron chi connectivity index (χ3n) is 2.70. The molecule has 1 aliphatic heterocycles. The molecule has 1 amide bonds. The lowest BCUT2D eigenvalue weighted by atomic mass is 10.2. The van der Waals surface area contributed by atoms with Crippen LogP contribution in [0.5, 0.6) is 0 Å². The van der Waals surface area contributed by atoms with Gasteiger partial charge in [-0.05, 0) is 24.8 Å². The van der Waals surface area contributed by atoms with Crippen molar-refractivity contribution in [3.8, 4) is 0 Å². The molecule has 0 aliphatic carbocycles. The first-order valence-corrected chi connectivity index (χ1v) is 6.48. The quantitative estimate of drug-likeness (QED) is 0.779. The lowest BCUT2D eigenvalue weighted by Crippen LogP contribution is -2.31. The zero-order valence-corrected chi connectivity index (χ0v) is 10.0. The number of carbonyl (C=O) groups is 1. The fourth-order valence-electron chi connectivity index (χ4n) is 1.78. The highest BCUT2D eigenvalue weighted by molar-refractivity contribution is 7.98. The molecule has 16 heavy (non-hydrogen) atoms. The molecule has 1 saturated heterocycles. The van der Waals surface area contributed by atoms with Gasteiger partial charge in [-0.1, -0.05) is 0 Å². The van der Waals surface area contributed by atoms with E-state index in [9.17, 15) is 4.79 Å². The largest absolute Gasteiger partial charge is 0.337 e. The summed E-state index contributed by atoms with van der Waals surface area (Å²) >= 11 is 1.57. The van der Waals surface area contributed by atoms with E-state index in [4.69, 9.17) is 5.73 Å². The summed E-state index contributed by atoms with van der Waals surface area (Å²) in [5, 5.41) is 0.926. The molecule has 0 aromatic carbocycles. The maximum absolute atomic E-state index is 12.0. The van der Waals surface area contributed by atoms with Crippen LogP contribution >= 0.6 is 11.8 Å². The number of amides is 1. The van der Waals surface area contributed by atoms with Crippen LogP contribution in [0, 0.1) is 0 Å². The monoisotopic (exact) mass is 237 g/mol. The number of nitrogens with two attached hydrogens (primary N) is 1. The Kier molecular flexibility index (Phi) is 3.46. The number of hydrogen-bond acceptors (Lipinski definition) is 4. The molecular weight excluding hydrogens is 222 g/mol. The number of nitrogens with zero attached hydrogens (tertiary/aromatic N) is 2. The van der Waals surface area contributed by atoms with Gasteiger partial charge in [0, 0.05) is 25.3 Å². The van der Waals surface area contributed by atoms with Crippen molar-refractivity contribution in [1.29, 1.82) is 0 Å². The minimum Gasteiger partial charge on any atom is -0.337 e. The second kappa shape index (κ2) is 4.84. The topological polar surface area (TPSA) is 59.2 Å². The molecule has 2 heterocycles. The van der Waals surface area contributed by atoms with Crippen molar-refractivity contribution in [2.45, 2.75) is 17.5 Å². The molecule has 0 radical (unpaired) electrons. The summed E-state index contributed by atoms with van der Waals surface area (Å²) in [4.78, 5) is 18.0. The molecule has 1 atom stereocenters. The summed E-state index contributed by atoms with van der Waals surface area (Å²) < 4.78 is 0. The highest BCUT2D eigenvalue weighted by atomic mass is 32.2. The van der Waals surface area contributed by atoms with Crippen molar-refractivity contribution in [3.63, 3.8) is 0 Å². The molecule has 5 heteroatoms. The minimum absolute atomic E-state index is 0.0353. The number of pyridine rings is 1. The Morgan fingerprint density at radius 2 is 2.44 bits per heavy atom. The van der Waals surface area contributed by atoms with Crippen LogP contribution in [-0.4, -0.2) is 41.2 Å². The first kappa shape index (κ1) is 11.4. The Bertz CT molecular complexity index is 379. The number of rotatable bonds is 2. The van der Waals surface area contributed by atoms with E-state index in [-0.39, 0.29) is 11.9 Å². The maximum atomic E-state index is 12.0. The number of aromatic nitrogens is 1. The third-order valence-corrected chi connectivity index (χ3v) is 3.36. The van der Waals surface area contributed by atoms with Gasteiger partial charge in [0.1, 0.15) is 0 Å². The van der Waals surface area contributed by atoms with E-state index in [1.807, 2.05) is 18.4 Å². The van der Waals surface area contributed by atoms with Gasteiger partial charge in [-0.25, -0.2) is 4.98 Å². The lowest BCUT2D eigenvalue weighted by molar-refractivity contribution is 0.0790. The Labute approximate surface area is 99.2 Å². The van der Waals surface area contributed by atoms with Gasteiger partial charge in [0.25, 0.3) is 5.91 Å². The highest BCUT2D eigenvalue weighted by Crippen LogP contribution is 2.15. The second-order valence-electron chi connectivity index (χ2n) is 3.89. The van der Waals surface area contributed by atoms with E-state index in [0.29, 0.717) is 12.1 Å². The molecule has 1 aromatic rings. The van der Waals surface area contributed by atoms with Gasteiger partial charge in [0.15, 0.2) is 0 Å². The molecule has 4 nitrogen and oxygen atoms in total. The Morgan fingerprint density at radius 3 is 2.94 bits per heavy atom. The summed E-state index contributed by atoms with van der Waals surface area (Å²) in [6.07, 6.45) is 4.49. The Hall–Kier alpha value is -1.07. The van der Waals surface area contributed by atoms with E-state index in [1.54, 1.807) is 22.9 Å². The van der Waals surface area contributed by atoms with E-state index < -0.39 is 0 Å². The van der Waals surface area contributed by atoms with Crippen molar-refractivity contribution in [2.24, 2.45) is 5.73 Å². The predicted octanol–water partition coefficient (Wildman–Crippen LogP) is 0.977. The van der Waals surface area contributed by atoms with Crippen LogP contribution in [0.2, 0.25) is 0 Å². The van der Waals surface area contributed by atoms with Gasteiger partial charge >= 0.3 is 0 Å². The van der Waals surface area contributed by atoms with Gasteiger partial charge < -0.3 is 10.6 Å². The van der Waals surface area contributed by atoms with E-state index >= 15 is 0 Å². The van der Waals surface area contributed by atoms with Gasteiger partial charge in [-0.2, -0.15) is 0 Å². The van der Waals surface area contributed by atoms with Crippen LogP contribution in [-0.2, 0) is 0 Å². The van der Waals surface area contributed by atoms with Gasteiger partial charge in [0.2, 0.25) is 0 Å². The lowest BCUT2D eigenvalue weighted by Gasteiger charge is -2.15. The normalized spacial score (nSPS) is 20.1. The minimum atomic E-state index is 0.0353. The summed E-state index contributed by atoms with van der Waals surface area (Å²) in [6, 6.07) is 3.82. The first-order valence-electron chi connectivity index (χ1n) is 5.25. The average molecular weight is 237 g/mol. The molecule has 0 saturated carbocycles. The van der Waals surface area contributed by atoms with Crippen LogP contribution in [0.4, 0.5) is 0 Å². The number of hydrogen-bond donors (Lipinski definition) is 1. The highest BCUT2D eigenvalue weighted by Gasteiger charge is 2.24. The SMILES string of the molecule is CSc1ccc(C(=O)N2CCC(N)C2)cn1. The van der Waals surface area contributed by atoms with E-state index in [0.717, 1.165) is 18.0 Å². The van der Waals surface area contributed by atoms with E-state index in [1.165, 1.54) is 0 Å². The van der Waals surface area contributed by atoms with E-state index in [2.05, 4.69) is 4.98 Å².